The maximum Gasteiger partial charge on any atom is 0.0780 e. The van der Waals surface area contributed by atoms with Gasteiger partial charge in [0.25, 0.3) is 0 Å². The summed E-state index contributed by atoms with van der Waals surface area (Å²) in [6.07, 6.45) is 1.92. The van der Waals surface area contributed by atoms with Crippen LogP contribution < -0.4 is 0 Å². The molecule has 2 nitrogen and oxygen atoms in total. The molecule has 7 aromatic carbocycles. The Labute approximate surface area is 291 Å². The molecule has 1 aliphatic rings. The summed E-state index contributed by atoms with van der Waals surface area (Å²) in [5.41, 5.74) is 15.3. The molecule has 0 unspecified atom stereocenters. The van der Waals surface area contributed by atoms with Gasteiger partial charge in [-0.3, -0.25) is 4.98 Å². The number of pyridine rings is 1. The molecule has 0 radical (unpaired) electrons. The van der Waals surface area contributed by atoms with Crippen molar-refractivity contribution in [1.82, 2.24) is 9.55 Å². The van der Waals surface area contributed by atoms with E-state index < -0.39 is 5.41 Å². The van der Waals surface area contributed by atoms with Gasteiger partial charge in [-0.25, -0.2) is 0 Å². The van der Waals surface area contributed by atoms with Crippen LogP contribution in [0.3, 0.4) is 0 Å². The zero-order valence-corrected chi connectivity index (χ0v) is 28.1. The summed E-state index contributed by atoms with van der Waals surface area (Å²) in [4.78, 5) is 4.87. The third-order valence-corrected chi connectivity index (χ3v) is 10.9. The van der Waals surface area contributed by atoms with E-state index in [4.69, 9.17) is 4.98 Å². The lowest BCUT2D eigenvalue weighted by molar-refractivity contribution is 0.727. The molecule has 2 heteroatoms. The van der Waals surface area contributed by atoms with E-state index in [1.165, 1.54) is 77.4 Å². The Morgan fingerprint density at radius 2 is 1.12 bits per heavy atom. The SMILES string of the molecule is Cc1ccc(C2(c3ccc(C)cc3)c3cc(-c4cccc(-c5nccc6ccccc56)c4)ccc3-n3c4ccccc4c4cccc2c43)cc1. The molecule has 2 aromatic heterocycles. The lowest BCUT2D eigenvalue weighted by atomic mass is 9.62. The fraction of sp³-hybridized carbons (Fsp3) is 0.0625. The van der Waals surface area contributed by atoms with Gasteiger partial charge in [0, 0.05) is 27.9 Å². The van der Waals surface area contributed by atoms with Gasteiger partial charge >= 0.3 is 0 Å². The Morgan fingerprint density at radius 1 is 0.480 bits per heavy atom. The second-order valence-corrected chi connectivity index (χ2v) is 13.7. The van der Waals surface area contributed by atoms with Crippen LogP contribution in [0.2, 0.25) is 0 Å². The molecule has 3 heterocycles. The van der Waals surface area contributed by atoms with Crippen molar-refractivity contribution in [2.45, 2.75) is 19.3 Å². The zero-order chi connectivity index (χ0) is 33.4. The quantitative estimate of drug-likeness (QED) is 0.188. The molecule has 9 aromatic rings. The highest BCUT2D eigenvalue weighted by Crippen LogP contribution is 2.55. The molecule has 0 bridgehead atoms. The van der Waals surface area contributed by atoms with Crippen molar-refractivity contribution in [3.05, 3.63) is 203 Å². The maximum atomic E-state index is 4.87. The van der Waals surface area contributed by atoms with Crippen LogP contribution in [-0.4, -0.2) is 9.55 Å². The Bertz CT molecular complexity index is 2710. The number of para-hydroxylation sites is 2. The van der Waals surface area contributed by atoms with E-state index in [0.29, 0.717) is 0 Å². The Morgan fingerprint density at radius 3 is 1.90 bits per heavy atom. The van der Waals surface area contributed by atoms with Crippen LogP contribution >= 0.6 is 0 Å². The van der Waals surface area contributed by atoms with Crippen molar-refractivity contribution in [2.24, 2.45) is 0 Å². The number of hydrogen-bond donors (Lipinski definition) is 0. The molecule has 0 saturated carbocycles. The number of aromatic nitrogens is 2. The number of fused-ring (bicyclic) bond motifs is 6. The van der Waals surface area contributed by atoms with E-state index in [2.05, 4.69) is 182 Å². The monoisotopic (exact) mass is 638 g/mol. The van der Waals surface area contributed by atoms with Crippen molar-refractivity contribution in [2.75, 3.05) is 0 Å². The van der Waals surface area contributed by atoms with Crippen molar-refractivity contribution >= 4 is 32.6 Å². The second-order valence-electron chi connectivity index (χ2n) is 13.7. The summed E-state index contributed by atoms with van der Waals surface area (Å²) in [5.74, 6) is 0. The molecule has 0 saturated heterocycles. The minimum absolute atomic E-state index is 0.550. The fourth-order valence-electron chi connectivity index (χ4n) is 8.52. The van der Waals surface area contributed by atoms with Gasteiger partial charge in [0.05, 0.1) is 27.8 Å². The normalized spacial score (nSPS) is 13.2. The second kappa shape index (κ2) is 10.9. The van der Waals surface area contributed by atoms with Crippen LogP contribution in [0, 0.1) is 13.8 Å². The summed E-state index contributed by atoms with van der Waals surface area (Å²) in [6, 6.07) is 60.8. The number of hydrogen-bond acceptors (Lipinski definition) is 1. The van der Waals surface area contributed by atoms with E-state index in [1.807, 2.05) is 6.20 Å². The first kappa shape index (κ1) is 28.7. The minimum atomic E-state index is -0.550. The number of benzene rings is 7. The molecule has 1 aliphatic heterocycles. The lowest BCUT2D eigenvalue weighted by Gasteiger charge is -2.42. The molecule has 0 N–H and O–H groups in total. The highest BCUT2D eigenvalue weighted by molar-refractivity contribution is 6.12. The highest BCUT2D eigenvalue weighted by Gasteiger charge is 2.45. The molecule has 236 valence electrons. The van der Waals surface area contributed by atoms with Gasteiger partial charge in [-0.15, -0.1) is 0 Å². The molecule has 0 amide bonds. The average Bonchev–Trinajstić information content (AvgIpc) is 3.51. The van der Waals surface area contributed by atoms with Crippen molar-refractivity contribution in [3.8, 4) is 28.1 Å². The topological polar surface area (TPSA) is 17.8 Å². The first-order valence-corrected chi connectivity index (χ1v) is 17.4. The number of nitrogens with zero attached hydrogens (tertiary/aromatic N) is 2. The highest BCUT2D eigenvalue weighted by atomic mass is 15.0. The standard InChI is InChI=1S/C48H34N2/c1-31-17-22-37(23-18-31)48(38-24-19-32(2)20-25-38)42-15-8-14-41-40-13-5-6-16-44(40)50(47(41)42)45-26-21-35(30-43(45)48)34-10-7-11-36(29-34)46-39-12-4-3-9-33(39)27-28-49-46/h3-30H,1-2H3. The Kier molecular flexibility index (Phi) is 6.25. The Hall–Kier alpha value is -6.25. The third kappa shape index (κ3) is 4.06. The molecular weight excluding hydrogens is 605 g/mol. The smallest absolute Gasteiger partial charge is 0.0780 e. The van der Waals surface area contributed by atoms with Crippen LogP contribution in [-0.2, 0) is 5.41 Å². The summed E-state index contributed by atoms with van der Waals surface area (Å²) < 4.78 is 2.51. The minimum Gasteiger partial charge on any atom is -0.309 e. The molecule has 0 aliphatic carbocycles. The van der Waals surface area contributed by atoms with Gasteiger partial charge in [0.1, 0.15) is 0 Å². The summed E-state index contributed by atoms with van der Waals surface area (Å²) in [6.45, 7) is 4.34. The maximum absolute atomic E-state index is 4.87. The largest absolute Gasteiger partial charge is 0.309 e. The Balaban J connectivity index is 1.31. The first-order chi connectivity index (χ1) is 24.6. The third-order valence-electron chi connectivity index (χ3n) is 10.9. The van der Waals surface area contributed by atoms with Crippen LogP contribution in [0.4, 0.5) is 0 Å². The van der Waals surface area contributed by atoms with Crippen molar-refractivity contribution < 1.29 is 0 Å². The predicted molar refractivity (Wildman–Crippen MR) is 208 cm³/mol. The van der Waals surface area contributed by atoms with Crippen LogP contribution in [0.25, 0.3) is 60.6 Å². The van der Waals surface area contributed by atoms with Gasteiger partial charge in [-0.05, 0) is 82.9 Å². The summed E-state index contributed by atoms with van der Waals surface area (Å²) in [5, 5.41) is 4.92. The van der Waals surface area contributed by atoms with E-state index in [-0.39, 0.29) is 0 Å². The summed E-state index contributed by atoms with van der Waals surface area (Å²) >= 11 is 0. The molecule has 10 rings (SSSR count). The first-order valence-electron chi connectivity index (χ1n) is 17.4. The molecule has 0 atom stereocenters. The van der Waals surface area contributed by atoms with E-state index in [0.717, 1.165) is 16.6 Å². The van der Waals surface area contributed by atoms with E-state index in [9.17, 15) is 0 Å². The van der Waals surface area contributed by atoms with E-state index in [1.54, 1.807) is 0 Å². The van der Waals surface area contributed by atoms with Crippen LogP contribution in [0.1, 0.15) is 33.4 Å². The molecule has 0 spiro atoms. The number of aryl methyl sites for hydroxylation is 2. The molecular formula is C48H34N2. The molecule has 50 heavy (non-hydrogen) atoms. The fourth-order valence-corrected chi connectivity index (χ4v) is 8.52. The van der Waals surface area contributed by atoms with Gasteiger partial charge in [0.2, 0.25) is 0 Å². The van der Waals surface area contributed by atoms with Gasteiger partial charge in [0.15, 0.2) is 0 Å². The zero-order valence-electron chi connectivity index (χ0n) is 28.1. The van der Waals surface area contributed by atoms with Gasteiger partial charge in [-0.1, -0.05) is 145 Å². The summed E-state index contributed by atoms with van der Waals surface area (Å²) in [7, 11) is 0. The number of rotatable bonds is 4. The van der Waals surface area contributed by atoms with Crippen LogP contribution in [0.15, 0.2) is 170 Å². The van der Waals surface area contributed by atoms with Crippen molar-refractivity contribution in [1.29, 1.82) is 0 Å². The van der Waals surface area contributed by atoms with Gasteiger partial charge in [-0.2, -0.15) is 0 Å². The van der Waals surface area contributed by atoms with Crippen LogP contribution in [0.5, 0.6) is 0 Å². The lowest BCUT2D eigenvalue weighted by Crippen LogP contribution is -2.35. The van der Waals surface area contributed by atoms with Gasteiger partial charge < -0.3 is 4.57 Å². The average molecular weight is 639 g/mol. The molecule has 0 fully saturated rings. The predicted octanol–water partition coefficient (Wildman–Crippen LogP) is 12.0. The van der Waals surface area contributed by atoms with E-state index >= 15 is 0 Å². The van der Waals surface area contributed by atoms with Crippen molar-refractivity contribution in [3.63, 3.8) is 0 Å².